The van der Waals surface area contributed by atoms with Gasteiger partial charge in [-0.25, -0.2) is 4.79 Å². The largest absolute Gasteiger partial charge is 0.481 e. The zero-order valence-corrected chi connectivity index (χ0v) is 13.2. The van der Waals surface area contributed by atoms with Crippen LogP contribution in [-0.2, 0) is 9.53 Å². The van der Waals surface area contributed by atoms with Gasteiger partial charge in [0.15, 0.2) is 0 Å². The maximum absolute atomic E-state index is 12.9. The highest BCUT2D eigenvalue weighted by Gasteiger charge is 2.44. The monoisotopic (exact) mass is 298 g/mol. The number of hydrogen-bond acceptors (Lipinski definition) is 3. The van der Waals surface area contributed by atoms with Gasteiger partial charge in [-0.1, -0.05) is 6.92 Å². The lowest BCUT2D eigenvalue weighted by Crippen LogP contribution is -2.55. The predicted molar refractivity (Wildman–Crippen MR) is 78.1 cm³/mol. The SMILES string of the molecule is CCCN(C(=O)N1CCCC1(C)C)C1COCC1C(=O)O. The minimum absolute atomic E-state index is 0.0406. The van der Waals surface area contributed by atoms with Crippen LogP contribution in [0.15, 0.2) is 0 Å². The van der Waals surface area contributed by atoms with Crippen LogP contribution in [0.1, 0.15) is 40.0 Å². The summed E-state index contributed by atoms with van der Waals surface area (Å²) in [6.45, 7) is 7.97. The lowest BCUT2D eigenvalue weighted by atomic mass is 10.0. The van der Waals surface area contributed by atoms with Gasteiger partial charge in [0.1, 0.15) is 5.92 Å². The molecule has 6 heteroatoms. The van der Waals surface area contributed by atoms with Crippen molar-refractivity contribution < 1.29 is 19.4 Å². The van der Waals surface area contributed by atoms with Crippen LogP contribution < -0.4 is 0 Å². The molecule has 2 amide bonds. The summed E-state index contributed by atoms with van der Waals surface area (Å²) in [6, 6.07) is -0.396. The van der Waals surface area contributed by atoms with E-state index in [0.29, 0.717) is 13.2 Å². The van der Waals surface area contributed by atoms with Crippen molar-refractivity contribution in [3.05, 3.63) is 0 Å². The second kappa shape index (κ2) is 6.22. The minimum Gasteiger partial charge on any atom is -0.481 e. The van der Waals surface area contributed by atoms with E-state index >= 15 is 0 Å². The normalized spacial score (nSPS) is 27.9. The van der Waals surface area contributed by atoms with Crippen molar-refractivity contribution in [2.45, 2.75) is 51.6 Å². The zero-order valence-electron chi connectivity index (χ0n) is 13.2. The minimum atomic E-state index is -0.882. The molecule has 2 atom stereocenters. The number of nitrogens with zero attached hydrogens (tertiary/aromatic N) is 2. The van der Waals surface area contributed by atoms with Crippen LogP contribution >= 0.6 is 0 Å². The fourth-order valence-corrected chi connectivity index (χ4v) is 3.35. The van der Waals surface area contributed by atoms with Gasteiger partial charge in [0.25, 0.3) is 0 Å². The number of carbonyl (C=O) groups excluding carboxylic acids is 1. The third-order valence-corrected chi connectivity index (χ3v) is 4.61. The summed E-state index contributed by atoms with van der Waals surface area (Å²) in [4.78, 5) is 27.9. The smallest absolute Gasteiger partial charge is 0.320 e. The maximum atomic E-state index is 12.9. The molecule has 0 aromatic carbocycles. The summed E-state index contributed by atoms with van der Waals surface area (Å²) in [7, 11) is 0. The number of ether oxygens (including phenoxy) is 1. The van der Waals surface area contributed by atoms with E-state index in [0.717, 1.165) is 25.8 Å². The first-order chi connectivity index (χ1) is 9.88. The molecule has 2 fully saturated rings. The van der Waals surface area contributed by atoms with Crippen LogP contribution in [-0.4, -0.2) is 64.8 Å². The Morgan fingerprint density at radius 3 is 2.62 bits per heavy atom. The van der Waals surface area contributed by atoms with Gasteiger partial charge in [-0.3, -0.25) is 4.79 Å². The van der Waals surface area contributed by atoms with Gasteiger partial charge in [0.05, 0.1) is 19.3 Å². The number of likely N-dealkylation sites (tertiary alicyclic amines) is 1. The molecule has 0 aliphatic carbocycles. The van der Waals surface area contributed by atoms with Crippen molar-refractivity contribution in [2.75, 3.05) is 26.3 Å². The quantitative estimate of drug-likeness (QED) is 0.859. The van der Waals surface area contributed by atoms with E-state index in [1.807, 2.05) is 11.8 Å². The topological polar surface area (TPSA) is 70.1 Å². The van der Waals surface area contributed by atoms with E-state index in [-0.39, 0.29) is 24.2 Å². The van der Waals surface area contributed by atoms with Crippen LogP contribution in [0.3, 0.4) is 0 Å². The lowest BCUT2D eigenvalue weighted by Gasteiger charge is -2.39. The second-order valence-electron chi connectivity index (χ2n) is 6.59. The van der Waals surface area contributed by atoms with Gasteiger partial charge in [0, 0.05) is 18.6 Å². The Morgan fingerprint density at radius 1 is 1.38 bits per heavy atom. The summed E-state index contributed by atoms with van der Waals surface area (Å²) in [5.41, 5.74) is -0.152. The van der Waals surface area contributed by atoms with Crippen LogP contribution in [0, 0.1) is 5.92 Å². The predicted octanol–water partition coefficient (Wildman–Crippen LogP) is 1.79. The number of amides is 2. The van der Waals surface area contributed by atoms with Gasteiger partial charge in [0.2, 0.25) is 0 Å². The van der Waals surface area contributed by atoms with Crippen LogP contribution in [0.4, 0.5) is 4.79 Å². The molecule has 0 saturated carbocycles. The van der Waals surface area contributed by atoms with Crippen molar-refractivity contribution in [1.82, 2.24) is 9.80 Å². The van der Waals surface area contributed by atoms with Crippen molar-refractivity contribution >= 4 is 12.0 Å². The zero-order chi connectivity index (χ0) is 15.6. The highest BCUT2D eigenvalue weighted by molar-refractivity contribution is 5.78. The van der Waals surface area contributed by atoms with Crippen molar-refractivity contribution in [3.63, 3.8) is 0 Å². The molecule has 2 saturated heterocycles. The van der Waals surface area contributed by atoms with Crippen LogP contribution in [0.2, 0.25) is 0 Å². The van der Waals surface area contributed by atoms with Crippen LogP contribution in [0.25, 0.3) is 0 Å². The number of aliphatic carboxylic acids is 1. The van der Waals surface area contributed by atoms with Crippen molar-refractivity contribution in [2.24, 2.45) is 5.92 Å². The van der Waals surface area contributed by atoms with Crippen molar-refractivity contribution in [3.8, 4) is 0 Å². The number of urea groups is 1. The molecule has 0 aromatic heterocycles. The summed E-state index contributed by atoms with van der Waals surface area (Å²) in [5, 5.41) is 9.32. The first-order valence-corrected chi connectivity index (χ1v) is 7.77. The lowest BCUT2D eigenvalue weighted by molar-refractivity contribution is -0.142. The van der Waals surface area contributed by atoms with Gasteiger partial charge >= 0.3 is 12.0 Å². The van der Waals surface area contributed by atoms with E-state index in [1.165, 1.54) is 0 Å². The third-order valence-electron chi connectivity index (χ3n) is 4.61. The molecule has 2 heterocycles. The van der Waals surface area contributed by atoms with E-state index in [9.17, 15) is 14.7 Å². The summed E-state index contributed by atoms with van der Waals surface area (Å²) in [6.07, 6.45) is 2.80. The number of hydrogen-bond donors (Lipinski definition) is 1. The molecule has 2 aliphatic heterocycles. The molecule has 0 aromatic rings. The number of carboxylic acid groups (broad SMARTS) is 1. The average molecular weight is 298 g/mol. The summed E-state index contributed by atoms with van der Waals surface area (Å²) < 4.78 is 5.33. The molecule has 0 radical (unpaired) electrons. The molecular weight excluding hydrogens is 272 g/mol. The highest BCUT2D eigenvalue weighted by atomic mass is 16.5. The van der Waals surface area contributed by atoms with Gasteiger partial charge in [-0.2, -0.15) is 0 Å². The first kappa shape index (κ1) is 16.1. The number of carbonyl (C=O) groups is 2. The van der Waals surface area contributed by atoms with E-state index in [4.69, 9.17) is 4.74 Å². The maximum Gasteiger partial charge on any atom is 0.320 e. The van der Waals surface area contributed by atoms with E-state index in [1.54, 1.807) is 4.90 Å². The van der Waals surface area contributed by atoms with Gasteiger partial charge in [-0.15, -0.1) is 0 Å². The average Bonchev–Trinajstić information content (AvgIpc) is 3.01. The first-order valence-electron chi connectivity index (χ1n) is 7.77. The highest BCUT2D eigenvalue weighted by Crippen LogP contribution is 2.31. The van der Waals surface area contributed by atoms with E-state index in [2.05, 4.69) is 13.8 Å². The molecule has 0 spiro atoms. The molecule has 2 rings (SSSR count). The second-order valence-corrected chi connectivity index (χ2v) is 6.59. The fraction of sp³-hybridized carbons (Fsp3) is 0.867. The Labute approximate surface area is 126 Å². The summed E-state index contributed by atoms with van der Waals surface area (Å²) in [5.74, 6) is -1.50. The molecular formula is C15H26N2O4. The molecule has 1 N–H and O–H groups in total. The van der Waals surface area contributed by atoms with Crippen LogP contribution in [0.5, 0.6) is 0 Å². The Morgan fingerprint density at radius 2 is 2.10 bits per heavy atom. The Balaban J connectivity index is 2.18. The molecule has 21 heavy (non-hydrogen) atoms. The molecule has 0 bridgehead atoms. The molecule has 120 valence electrons. The standard InChI is InChI=1S/C15H26N2O4/c1-4-7-16(12-10-21-9-11(12)13(18)19)14(20)17-8-5-6-15(17,2)3/h11-12H,4-10H2,1-3H3,(H,18,19). The number of rotatable bonds is 4. The molecule has 6 nitrogen and oxygen atoms in total. The van der Waals surface area contributed by atoms with Crippen molar-refractivity contribution in [1.29, 1.82) is 0 Å². The van der Waals surface area contributed by atoms with Gasteiger partial charge in [-0.05, 0) is 33.1 Å². The Bertz CT molecular complexity index is 410. The number of carboxylic acids is 1. The fourth-order valence-electron chi connectivity index (χ4n) is 3.35. The summed E-state index contributed by atoms with van der Waals surface area (Å²) >= 11 is 0. The molecule has 2 aliphatic rings. The molecule has 2 unspecified atom stereocenters. The van der Waals surface area contributed by atoms with Gasteiger partial charge < -0.3 is 19.6 Å². The third kappa shape index (κ3) is 3.15. The Kier molecular flexibility index (Phi) is 4.76. The Hall–Kier alpha value is -1.30. The van der Waals surface area contributed by atoms with E-state index < -0.39 is 11.9 Å².